The van der Waals surface area contributed by atoms with E-state index >= 15 is 0 Å². The molecule has 4 heteroatoms. The van der Waals surface area contributed by atoms with Crippen molar-refractivity contribution in [1.29, 1.82) is 0 Å². The highest BCUT2D eigenvalue weighted by atomic mass is 35.5. The molecule has 1 heterocycles. The van der Waals surface area contributed by atoms with Gasteiger partial charge >= 0.3 is 0 Å². The summed E-state index contributed by atoms with van der Waals surface area (Å²) in [6.07, 6.45) is 3.96. The molecule has 0 aliphatic carbocycles. The zero-order chi connectivity index (χ0) is 11.5. The van der Waals surface area contributed by atoms with Crippen LogP contribution in [-0.4, -0.2) is 9.78 Å². The fourth-order valence-corrected chi connectivity index (χ4v) is 1.85. The molecule has 92 valence electrons. The maximum absolute atomic E-state index is 5.77. The summed E-state index contributed by atoms with van der Waals surface area (Å²) >= 11 is 0. The van der Waals surface area contributed by atoms with E-state index in [0.717, 1.165) is 12.1 Å². The fourth-order valence-electron chi connectivity index (χ4n) is 1.85. The molecule has 17 heavy (non-hydrogen) atoms. The molecule has 2 N–H and O–H groups in total. The van der Waals surface area contributed by atoms with E-state index < -0.39 is 0 Å². The number of halogens is 1. The minimum Gasteiger partial charge on any atom is -0.326 e. The van der Waals surface area contributed by atoms with Gasteiger partial charge in [-0.15, -0.1) is 12.4 Å². The van der Waals surface area contributed by atoms with E-state index in [1.807, 2.05) is 10.9 Å². The summed E-state index contributed by atoms with van der Waals surface area (Å²) in [4.78, 5) is 0. The largest absolute Gasteiger partial charge is 0.326 e. The summed E-state index contributed by atoms with van der Waals surface area (Å²) in [6.45, 7) is 5.62. The number of aromatic nitrogens is 2. The van der Waals surface area contributed by atoms with Gasteiger partial charge in [0.2, 0.25) is 0 Å². The van der Waals surface area contributed by atoms with Gasteiger partial charge in [-0.05, 0) is 25.0 Å². The van der Waals surface area contributed by atoms with Gasteiger partial charge in [0.1, 0.15) is 0 Å². The molecule has 0 bridgehead atoms. The molecule has 0 saturated heterocycles. The van der Waals surface area contributed by atoms with Crippen molar-refractivity contribution in [2.24, 2.45) is 5.73 Å². The van der Waals surface area contributed by atoms with Crippen LogP contribution >= 0.6 is 12.4 Å². The third-order valence-electron chi connectivity index (χ3n) is 2.75. The lowest BCUT2D eigenvalue weighted by Crippen LogP contribution is -1.99. The molecule has 0 saturated carbocycles. The Labute approximate surface area is 108 Å². The van der Waals surface area contributed by atoms with Gasteiger partial charge < -0.3 is 5.73 Å². The first-order valence-electron chi connectivity index (χ1n) is 5.57. The van der Waals surface area contributed by atoms with E-state index in [4.69, 9.17) is 5.73 Å². The molecule has 0 amide bonds. The smallest absolute Gasteiger partial charge is 0.0568 e. The average Bonchev–Trinajstić information content (AvgIpc) is 2.77. The Morgan fingerprint density at radius 1 is 1.35 bits per heavy atom. The van der Waals surface area contributed by atoms with Crippen LogP contribution in [0.2, 0.25) is 0 Å². The van der Waals surface area contributed by atoms with Crippen LogP contribution in [0.1, 0.15) is 18.1 Å². The molecule has 0 aliphatic rings. The molecule has 1 aromatic carbocycles. The van der Waals surface area contributed by atoms with Crippen LogP contribution in [0, 0.1) is 6.92 Å². The maximum atomic E-state index is 5.77. The highest BCUT2D eigenvalue weighted by Crippen LogP contribution is 2.24. The summed E-state index contributed by atoms with van der Waals surface area (Å²) in [5, 5.41) is 4.28. The highest BCUT2D eigenvalue weighted by Gasteiger charge is 2.06. The first-order chi connectivity index (χ1) is 7.74. The summed E-state index contributed by atoms with van der Waals surface area (Å²) in [5.74, 6) is 0. The van der Waals surface area contributed by atoms with E-state index in [1.54, 1.807) is 0 Å². The van der Waals surface area contributed by atoms with Crippen molar-refractivity contribution in [1.82, 2.24) is 9.78 Å². The highest BCUT2D eigenvalue weighted by molar-refractivity contribution is 5.85. The average molecular weight is 252 g/mol. The Morgan fingerprint density at radius 3 is 2.71 bits per heavy atom. The molecule has 0 atom stereocenters. The van der Waals surface area contributed by atoms with Gasteiger partial charge in [0.05, 0.1) is 6.20 Å². The number of nitrogens with two attached hydrogens (primary N) is 1. The van der Waals surface area contributed by atoms with Crippen LogP contribution < -0.4 is 5.73 Å². The van der Waals surface area contributed by atoms with Gasteiger partial charge in [-0.1, -0.05) is 23.8 Å². The van der Waals surface area contributed by atoms with Crippen LogP contribution in [0.5, 0.6) is 0 Å². The standard InChI is InChI=1S/C13H17N3.ClH/c1-3-16-9-12(8-15-16)13-5-4-10(2)6-11(13)7-14;/h4-6,8-9H,3,7,14H2,1-2H3;1H. The maximum Gasteiger partial charge on any atom is 0.0568 e. The quantitative estimate of drug-likeness (QED) is 0.912. The Morgan fingerprint density at radius 2 is 2.12 bits per heavy atom. The molecule has 3 nitrogen and oxygen atoms in total. The minimum absolute atomic E-state index is 0. The molecule has 0 unspecified atom stereocenters. The zero-order valence-electron chi connectivity index (χ0n) is 10.2. The molecule has 0 fully saturated rings. The topological polar surface area (TPSA) is 43.8 Å². The molecule has 1 aromatic heterocycles. The monoisotopic (exact) mass is 251 g/mol. The molecule has 0 radical (unpaired) electrons. The zero-order valence-corrected chi connectivity index (χ0v) is 11.0. The first kappa shape index (κ1) is 13.7. The lowest BCUT2D eigenvalue weighted by atomic mass is 10.0. The van der Waals surface area contributed by atoms with Crippen molar-refractivity contribution in [3.8, 4) is 11.1 Å². The molecular formula is C13H18ClN3. The first-order valence-corrected chi connectivity index (χ1v) is 5.57. The predicted molar refractivity (Wildman–Crippen MR) is 73.2 cm³/mol. The molecule has 2 rings (SSSR count). The second-order valence-electron chi connectivity index (χ2n) is 3.95. The summed E-state index contributed by atoms with van der Waals surface area (Å²) < 4.78 is 1.93. The normalized spacial score (nSPS) is 10.1. The van der Waals surface area contributed by atoms with Crippen molar-refractivity contribution >= 4 is 12.4 Å². The Hall–Kier alpha value is -1.32. The van der Waals surface area contributed by atoms with Crippen LogP contribution in [0.25, 0.3) is 11.1 Å². The molecular weight excluding hydrogens is 234 g/mol. The molecule has 0 aliphatic heterocycles. The van der Waals surface area contributed by atoms with Gasteiger partial charge in [-0.2, -0.15) is 5.10 Å². The van der Waals surface area contributed by atoms with Crippen molar-refractivity contribution in [2.45, 2.75) is 26.9 Å². The summed E-state index contributed by atoms with van der Waals surface area (Å²) in [5.41, 5.74) is 10.5. The van der Waals surface area contributed by atoms with Gasteiger partial charge in [0.25, 0.3) is 0 Å². The second kappa shape index (κ2) is 5.84. The lowest BCUT2D eigenvalue weighted by Gasteiger charge is -2.06. The van der Waals surface area contributed by atoms with Gasteiger partial charge in [0.15, 0.2) is 0 Å². The number of rotatable bonds is 3. The van der Waals surface area contributed by atoms with Crippen LogP contribution in [0.4, 0.5) is 0 Å². The third-order valence-corrected chi connectivity index (χ3v) is 2.75. The van der Waals surface area contributed by atoms with E-state index in [-0.39, 0.29) is 12.4 Å². The number of aryl methyl sites for hydroxylation is 2. The number of benzene rings is 1. The Balaban J connectivity index is 0.00000144. The summed E-state index contributed by atoms with van der Waals surface area (Å²) in [6, 6.07) is 6.37. The van der Waals surface area contributed by atoms with Crippen LogP contribution in [0.3, 0.4) is 0 Å². The number of hydrogen-bond acceptors (Lipinski definition) is 2. The van der Waals surface area contributed by atoms with Gasteiger partial charge in [-0.25, -0.2) is 0 Å². The third kappa shape index (κ3) is 2.87. The Kier molecular flexibility index (Phi) is 4.73. The van der Waals surface area contributed by atoms with Crippen molar-refractivity contribution in [3.05, 3.63) is 41.7 Å². The van der Waals surface area contributed by atoms with Crippen LogP contribution in [0.15, 0.2) is 30.6 Å². The lowest BCUT2D eigenvalue weighted by molar-refractivity contribution is 0.660. The van der Waals surface area contributed by atoms with E-state index in [2.05, 4.69) is 43.3 Å². The number of hydrogen-bond donors (Lipinski definition) is 1. The van der Waals surface area contributed by atoms with Gasteiger partial charge in [-0.3, -0.25) is 4.68 Å². The van der Waals surface area contributed by atoms with Crippen LogP contribution in [-0.2, 0) is 13.1 Å². The van der Waals surface area contributed by atoms with Crippen molar-refractivity contribution in [3.63, 3.8) is 0 Å². The molecule has 0 spiro atoms. The fraction of sp³-hybridized carbons (Fsp3) is 0.308. The van der Waals surface area contributed by atoms with Crippen molar-refractivity contribution < 1.29 is 0 Å². The minimum atomic E-state index is 0. The Bertz CT molecular complexity index is 491. The van der Waals surface area contributed by atoms with E-state index in [9.17, 15) is 0 Å². The number of nitrogens with zero attached hydrogens (tertiary/aromatic N) is 2. The van der Waals surface area contributed by atoms with Crippen molar-refractivity contribution in [2.75, 3.05) is 0 Å². The SMILES string of the molecule is CCn1cc(-c2ccc(C)cc2CN)cn1.Cl. The second-order valence-corrected chi connectivity index (χ2v) is 3.95. The van der Waals surface area contributed by atoms with E-state index in [0.29, 0.717) is 6.54 Å². The summed E-state index contributed by atoms with van der Waals surface area (Å²) in [7, 11) is 0. The predicted octanol–water partition coefficient (Wildman–Crippen LogP) is 2.76. The van der Waals surface area contributed by atoms with E-state index in [1.165, 1.54) is 16.7 Å². The van der Waals surface area contributed by atoms with Gasteiger partial charge in [0, 0.05) is 24.8 Å². The molecule has 2 aromatic rings.